The maximum atomic E-state index is 13.2. The van der Waals surface area contributed by atoms with Crippen LogP contribution in [0.1, 0.15) is 22.4 Å². The molecule has 1 aliphatic rings. The van der Waals surface area contributed by atoms with Gasteiger partial charge in [0, 0.05) is 5.69 Å². The Labute approximate surface area is 179 Å². The van der Waals surface area contributed by atoms with Crippen LogP contribution in [0.4, 0.5) is 14.9 Å². The third-order valence-electron chi connectivity index (χ3n) is 5.24. The van der Waals surface area contributed by atoms with Gasteiger partial charge in [-0.15, -0.1) is 0 Å². The third-order valence-corrected chi connectivity index (χ3v) is 5.24. The van der Waals surface area contributed by atoms with Crippen molar-refractivity contribution in [2.75, 3.05) is 18.1 Å². The van der Waals surface area contributed by atoms with Crippen molar-refractivity contribution in [2.45, 2.75) is 26.0 Å². The second-order valence-electron chi connectivity index (χ2n) is 7.48. The van der Waals surface area contributed by atoms with Crippen LogP contribution in [0.15, 0.2) is 60.7 Å². The predicted octanol–water partition coefficient (Wildman–Crippen LogP) is 4.58. The smallest absolute Gasteiger partial charge is 0.412 e. The molecule has 0 radical (unpaired) electrons. The van der Waals surface area contributed by atoms with Crippen molar-refractivity contribution in [1.82, 2.24) is 4.98 Å². The third kappa shape index (κ3) is 4.83. The molecule has 6 nitrogen and oxygen atoms in total. The molecule has 1 N–H and O–H groups in total. The Morgan fingerprint density at radius 2 is 1.94 bits per heavy atom. The number of fused-ring (bicyclic) bond motifs is 1. The van der Waals surface area contributed by atoms with Crippen LogP contribution in [0, 0.1) is 12.7 Å². The largest absolute Gasteiger partial charge is 0.474 e. The summed E-state index contributed by atoms with van der Waals surface area (Å²) in [7, 11) is 0. The molecule has 160 valence electrons. The molecule has 7 heteroatoms. The monoisotopic (exact) mass is 422 g/mol. The number of benzene rings is 2. The predicted molar refractivity (Wildman–Crippen MR) is 114 cm³/mol. The van der Waals surface area contributed by atoms with Crippen LogP contribution < -0.4 is 9.64 Å². The number of nitrogens with zero attached hydrogens (tertiary/aromatic N) is 2. The minimum atomic E-state index is -1.09. The van der Waals surface area contributed by atoms with E-state index in [-0.39, 0.29) is 19.0 Å². The molecule has 0 aliphatic carbocycles. The van der Waals surface area contributed by atoms with E-state index < -0.39 is 12.1 Å². The number of halogens is 1. The Morgan fingerprint density at radius 1 is 1.19 bits per heavy atom. The van der Waals surface area contributed by atoms with Crippen molar-refractivity contribution in [3.8, 4) is 5.88 Å². The molecule has 2 heterocycles. The zero-order chi connectivity index (χ0) is 21.8. The van der Waals surface area contributed by atoms with Gasteiger partial charge in [0.2, 0.25) is 5.88 Å². The lowest BCUT2D eigenvalue weighted by Crippen LogP contribution is -2.49. The van der Waals surface area contributed by atoms with Crippen molar-refractivity contribution in [3.63, 3.8) is 0 Å². The van der Waals surface area contributed by atoms with Gasteiger partial charge >= 0.3 is 6.09 Å². The number of hydrogen-bond donors (Lipinski definition) is 1. The van der Waals surface area contributed by atoms with Crippen LogP contribution in [0.25, 0.3) is 0 Å². The van der Waals surface area contributed by atoms with Crippen molar-refractivity contribution >= 4 is 11.8 Å². The molecular formula is C24H23FN2O4. The highest BCUT2D eigenvalue weighted by molar-refractivity contribution is 5.89. The van der Waals surface area contributed by atoms with Gasteiger partial charge in [-0.3, -0.25) is 4.90 Å². The summed E-state index contributed by atoms with van der Waals surface area (Å²) >= 11 is 0. The fourth-order valence-electron chi connectivity index (χ4n) is 3.61. The minimum Gasteiger partial charge on any atom is -0.474 e. The quantitative estimate of drug-likeness (QED) is 0.630. The molecular weight excluding hydrogens is 399 g/mol. The second kappa shape index (κ2) is 9.14. The Kier molecular flexibility index (Phi) is 6.13. The molecule has 31 heavy (non-hydrogen) atoms. The molecule has 1 atom stereocenters. The van der Waals surface area contributed by atoms with Gasteiger partial charge in [-0.1, -0.05) is 42.5 Å². The number of aryl methyl sites for hydroxylation is 1. The van der Waals surface area contributed by atoms with Gasteiger partial charge in [0.1, 0.15) is 18.1 Å². The lowest BCUT2D eigenvalue weighted by Gasteiger charge is -2.34. The fourth-order valence-corrected chi connectivity index (χ4v) is 3.61. The number of ether oxygens (including phenoxy) is 2. The van der Waals surface area contributed by atoms with Gasteiger partial charge in [-0.05, 0) is 48.2 Å². The first-order chi connectivity index (χ1) is 15.0. The molecule has 0 spiro atoms. The molecule has 3 aromatic rings. The van der Waals surface area contributed by atoms with Crippen molar-refractivity contribution in [1.29, 1.82) is 0 Å². The Bertz CT molecular complexity index is 1060. The summed E-state index contributed by atoms with van der Waals surface area (Å²) < 4.78 is 24.8. The van der Waals surface area contributed by atoms with Crippen LogP contribution in [-0.2, 0) is 17.8 Å². The van der Waals surface area contributed by atoms with Gasteiger partial charge in [-0.25, -0.2) is 14.2 Å². The Balaban J connectivity index is 1.54. The first-order valence-electron chi connectivity index (χ1n) is 10.0. The van der Waals surface area contributed by atoms with Crippen LogP contribution in [0.5, 0.6) is 5.88 Å². The molecule has 1 aromatic heterocycles. The summed E-state index contributed by atoms with van der Waals surface area (Å²) in [5, 5.41) is 9.90. The highest BCUT2D eigenvalue weighted by Gasteiger charge is 2.34. The van der Waals surface area contributed by atoms with E-state index in [2.05, 4.69) is 4.98 Å². The van der Waals surface area contributed by atoms with Crippen molar-refractivity contribution in [3.05, 3.63) is 88.9 Å². The highest BCUT2D eigenvalue weighted by atomic mass is 19.1. The van der Waals surface area contributed by atoms with Crippen LogP contribution in [0.3, 0.4) is 0 Å². The maximum absolute atomic E-state index is 13.2. The first kappa shape index (κ1) is 20.8. The van der Waals surface area contributed by atoms with Crippen molar-refractivity contribution in [2.24, 2.45) is 0 Å². The van der Waals surface area contributed by atoms with Gasteiger partial charge < -0.3 is 14.6 Å². The minimum absolute atomic E-state index is 0.165. The lowest BCUT2D eigenvalue weighted by molar-refractivity contribution is 0.0841. The summed E-state index contributed by atoms with van der Waals surface area (Å²) in [5.74, 6) is -0.00472. The Hall–Kier alpha value is -3.45. The van der Waals surface area contributed by atoms with E-state index in [1.165, 1.54) is 17.0 Å². The number of carbonyl (C=O) groups is 1. The Morgan fingerprint density at radius 3 is 2.65 bits per heavy atom. The normalized spacial score (nSPS) is 15.3. The van der Waals surface area contributed by atoms with Crippen LogP contribution in [0.2, 0.25) is 0 Å². The molecule has 4 rings (SSSR count). The topological polar surface area (TPSA) is 71.9 Å². The van der Waals surface area contributed by atoms with Gasteiger partial charge in [-0.2, -0.15) is 0 Å². The lowest BCUT2D eigenvalue weighted by atomic mass is 10.0. The molecule has 0 fully saturated rings. The number of rotatable bonds is 6. The summed E-state index contributed by atoms with van der Waals surface area (Å²) in [4.78, 5) is 17.8. The van der Waals surface area contributed by atoms with E-state index in [9.17, 15) is 14.3 Å². The summed E-state index contributed by atoms with van der Waals surface area (Å²) in [6.07, 6.45) is -0.578. The first-order valence-corrected chi connectivity index (χ1v) is 10.0. The van der Waals surface area contributed by atoms with E-state index in [0.29, 0.717) is 24.6 Å². The number of amides is 1. The second-order valence-corrected chi connectivity index (χ2v) is 7.48. The number of pyridine rings is 1. The highest BCUT2D eigenvalue weighted by Crippen LogP contribution is 2.35. The van der Waals surface area contributed by atoms with E-state index in [1.54, 1.807) is 18.2 Å². The average Bonchev–Trinajstić information content (AvgIpc) is 2.76. The number of hydrogen-bond acceptors (Lipinski definition) is 4. The SMILES string of the molecule is Cc1nc2c(cc1Cc1ccc(F)cc1)N(C(=O)O)C(COCc1ccccc1)CO2. The zero-order valence-corrected chi connectivity index (χ0v) is 17.1. The van der Waals surface area contributed by atoms with Gasteiger partial charge in [0.25, 0.3) is 0 Å². The van der Waals surface area contributed by atoms with E-state index >= 15 is 0 Å². The standard InChI is InChI=1S/C24H23FN2O4/c1-16-19(11-17-7-9-20(25)10-8-17)12-22-23(26-16)31-15-21(27(22)24(28)29)14-30-13-18-5-3-2-4-6-18/h2-10,12,21H,11,13-15H2,1H3,(H,28,29). The fraction of sp³-hybridized carbons (Fsp3) is 0.250. The molecule has 0 bridgehead atoms. The molecule has 1 unspecified atom stereocenters. The summed E-state index contributed by atoms with van der Waals surface area (Å²) in [6, 6.07) is 17.2. The van der Waals surface area contributed by atoms with Crippen LogP contribution >= 0.6 is 0 Å². The summed E-state index contributed by atoms with van der Waals surface area (Å²) in [5.41, 5.74) is 3.92. The van der Waals surface area contributed by atoms with E-state index in [1.807, 2.05) is 37.3 Å². The van der Waals surface area contributed by atoms with Gasteiger partial charge in [0.15, 0.2) is 0 Å². The molecule has 1 amide bonds. The van der Waals surface area contributed by atoms with Gasteiger partial charge in [0.05, 0.1) is 19.3 Å². The maximum Gasteiger partial charge on any atom is 0.412 e. The summed E-state index contributed by atoms with van der Waals surface area (Å²) in [6.45, 7) is 2.60. The molecule has 1 aliphatic heterocycles. The number of carboxylic acid groups (broad SMARTS) is 1. The van der Waals surface area contributed by atoms with Crippen molar-refractivity contribution < 1.29 is 23.8 Å². The van der Waals surface area contributed by atoms with Crippen LogP contribution in [-0.4, -0.2) is 35.4 Å². The number of aromatic nitrogens is 1. The molecule has 0 saturated carbocycles. The number of anilines is 1. The zero-order valence-electron chi connectivity index (χ0n) is 17.1. The average molecular weight is 422 g/mol. The molecule has 0 saturated heterocycles. The van der Waals surface area contributed by atoms with E-state index in [0.717, 1.165) is 22.4 Å². The molecule has 2 aromatic carbocycles. The van der Waals surface area contributed by atoms with E-state index in [4.69, 9.17) is 9.47 Å².